The maximum Gasteiger partial charge on any atom is 0.224 e. The summed E-state index contributed by atoms with van der Waals surface area (Å²) in [7, 11) is 0. The maximum absolute atomic E-state index is 13.6. The lowest BCUT2D eigenvalue weighted by molar-refractivity contribution is -0.117. The molecule has 1 amide bonds. The van der Waals surface area contributed by atoms with Crippen LogP contribution >= 0.6 is 0 Å². The number of nitrogens with one attached hydrogen (secondary N) is 1. The third-order valence-electron chi connectivity index (χ3n) is 4.62. The van der Waals surface area contributed by atoms with E-state index in [0.717, 1.165) is 11.1 Å². The van der Waals surface area contributed by atoms with E-state index in [-0.39, 0.29) is 34.5 Å². The Hall–Kier alpha value is -2.36. The Morgan fingerprint density at radius 3 is 2.52 bits per heavy atom. The molecule has 2 aromatic carbocycles. The molecule has 144 valence electrons. The molecule has 0 bridgehead atoms. The third kappa shape index (κ3) is 4.68. The average Bonchev–Trinajstić information content (AvgIpc) is 2.64. The number of fused-ring (bicyclic) bond motifs is 1. The lowest BCUT2D eigenvalue weighted by Gasteiger charge is -2.31. The van der Waals surface area contributed by atoms with E-state index in [1.807, 2.05) is 25.7 Å². The normalized spacial score (nSPS) is 18.3. The smallest absolute Gasteiger partial charge is 0.224 e. The molecular formula is C23H29FN2O. The van der Waals surface area contributed by atoms with E-state index in [0.29, 0.717) is 25.2 Å². The highest BCUT2D eigenvalue weighted by atomic mass is 19.1. The van der Waals surface area contributed by atoms with Crippen molar-refractivity contribution in [1.82, 2.24) is 0 Å². The second kappa shape index (κ2) is 7.34. The van der Waals surface area contributed by atoms with Crippen molar-refractivity contribution >= 4 is 17.3 Å². The van der Waals surface area contributed by atoms with Crippen LogP contribution < -0.4 is 10.2 Å². The van der Waals surface area contributed by atoms with Crippen molar-refractivity contribution in [3.8, 4) is 0 Å². The van der Waals surface area contributed by atoms with Crippen LogP contribution in [0, 0.1) is 24.9 Å². The summed E-state index contributed by atoms with van der Waals surface area (Å²) in [4.78, 5) is 14.5. The van der Waals surface area contributed by atoms with Gasteiger partial charge in [0.1, 0.15) is 5.82 Å². The predicted octanol–water partition coefficient (Wildman–Crippen LogP) is 5.38. The van der Waals surface area contributed by atoms with Crippen molar-refractivity contribution in [3.63, 3.8) is 0 Å². The van der Waals surface area contributed by atoms with E-state index >= 15 is 0 Å². The van der Waals surface area contributed by atoms with Gasteiger partial charge in [-0.25, -0.2) is 4.39 Å². The van der Waals surface area contributed by atoms with Crippen LogP contribution in [0.1, 0.15) is 57.7 Å². The summed E-state index contributed by atoms with van der Waals surface area (Å²) in [6.45, 7) is 1.19. The molecule has 1 aliphatic rings. The Labute approximate surface area is 170 Å². The van der Waals surface area contributed by atoms with Gasteiger partial charge >= 0.3 is 0 Å². The Morgan fingerprint density at radius 2 is 1.89 bits per heavy atom. The molecule has 0 saturated heterocycles. The van der Waals surface area contributed by atoms with E-state index in [9.17, 15) is 9.18 Å². The Kier molecular flexibility index (Phi) is 3.51. The van der Waals surface area contributed by atoms with Crippen molar-refractivity contribution in [2.24, 2.45) is 5.41 Å². The molecule has 3 nitrogen and oxygen atoms in total. The first-order valence-corrected chi connectivity index (χ1v) is 9.06. The van der Waals surface area contributed by atoms with Gasteiger partial charge in [-0.2, -0.15) is 0 Å². The zero-order valence-corrected chi connectivity index (χ0v) is 15.9. The van der Waals surface area contributed by atoms with E-state index < -0.39 is 19.6 Å². The minimum atomic E-state index is -2.64. The van der Waals surface area contributed by atoms with Crippen LogP contribution in [0.2, 0.25) is 0 Å². The van der Waals surface area contributed by atoms with E-state index in [1.165, 1.54) is 24.3 Å². The third-order valence-corrected chi connectivity index (χ3v) is 4.62. The molecule has 0 aromatic heterocycles. The van der Waals surface area contributed by atoms with Crippen LogP contribution in [0.5, 0.6) is 0 Å². The molecule has 0 radical (unpaired) electrons. The van der Waals surface area contributed by atoms with Crippen LogP contribution in [0.25, 0.3) is 0 Å². The standard InChI is InChI=1S/C23H29FN2O/c1-15-10-20(11-16(2)22(15)25-21(27)13-23(3,4)5)26-9-8-17-12-19(24)7-6-18(17)14-26/h6-7,10-12H,8-9,13-14H2,1-5H3,(H,25,27)/i1D3,2D3. The molecule has 0 atom stereocenters. The van der Waals surface area contributed by atoms with Gasteiger partial charge in [-0.1, -0.05) is 26.8 Å². The highest BCUT2D eigenvalue weighted by Gasteiger charge is 2.20. The van der Waals surface area contributed by atoms with Gasteiger partial charge in [0.15, 0.2) is 0 Å². The summed E-state index contributed by atoms with van der Waals surface area (Å²) in [5.41, 5.74) is 1.27. The second-order valence-corrected chi connectivity index (χ2v) is 8.29. The summed E-state index contributed by atoms with van der Waals surface area (Å²) < 4.78 is 61.7. The molecule has 2 aromatic rings. The highest BCUT2D eigenvalue weighted by molar-refractivity contribution is 5.93. The number of rotatable bonds is 3. The number of halogens is 1. The SMILES string of the molecule is [2H]C([2H])([2H])c1cc(N2CCc3cc(F)ccc3C2)cc(C([2H])([2H])[2H])c1NC(=O)CC(C)(C)C. The topological polar surface area (TPSA) is 32.3 Å². The average molecular weight is 375 g/mol. The monoisotopic (exact) mass is 374 g/mol. The fourth-order valence-electron chi connectivity index (χ4n) is 3.35. The molecule has 1 aliphatic heterocycles. The summed E-state index contributed by atoms with van der Waals surface area (Å²) in [6, 6.07) is 7.42. The first-order valence-electron chi connectivity index (χ1n) is 12.1. The van der Waals surface area contributed by atoms with Gasteiger partial charge in [0.25, 0.3) is 0 Å². The van der Waals surface area contributed by atoms with E-state index in [2.05, 4.69) is 5.32 Å². The van der Waals surface area contributed by atoms with Crippen molar-refractivity contribution < 1.29 is 17.4 Å². The molecular weight excluding hydrogens is 339 g/mol. The van der Waals surface area contributed by atoms with Crippen LogP contribution in [-0.2, 0) is 17.8 Å². The quantitative estimate of drug-likeness (QED) is 0.782. The molecule has 0 aliphatic carbocycles. The second-order valence-electron chi connectivity index (χ2n) is 8.29. The zero-order chi connectivity index (χ0) is 24.8. The zero-order valence-electron chi connectivity index (χ0n) is 21.9. The van der Waals surface area contributed by atoms with E-state index in [1.54, 1.807) is 6.07 Å². The number of carbonyl (C=O) groups is 1. The molecule has 27 heavy (non-hydrogen) atoms. The first kappa shape index (κ1) is 12.9. The molecule has 3 rings (SSSR count). The van der Waals surface area contributed by atoms with Gasteiger partial charge in [-0.3, -0.25) is 4.79 Å². The molecule has 0 saturated carbocycles. The van der Waals surface area contributed by atoms with Crippen molar-refractivity contribution in [1.29, 1.82) is 0 Å². The minimum Gasteiger partial charge on any atom is -0.367 e. The number of hydrogen-bond donors (Lipinski definition) is 1. The number of anilines is 2. The number of aryl methyl sites for hydroxylation is 2. The van der Waals surface area contributed by atoms with Crippen LogP contribution in [-0.4, -0.2) is 12.5 Å². The van der Waals surface area contributed by atoms with Crippen LogP contribution in [0.15, 0.2) is 30.3 Å². The van der Waals surface area contributed by atoms with Gasteiger partial charge < -0.3 is 10.2 Å². The predicted molar refractivity (Wildman–Crippen MR) is 110 cm³/mol. The largest absolute Gasteiger partial charge is 0.367 e. The van der Waals surface area contributed by atoms with E-state index in [4.69, 9.17) is 8.22 Å². The summed E-state index contributed by atoms with van der Waals surface area (Å²) >= 11 is 0. The highest BCUT2D eigenvalue weighted by Crippen LogP contribution is 2.31. The number of carbonyl (C=O) groups excluding carboxylic acids is 1. The van der Waals surface area contributed by atoms with Crippen LogP contribution in [0.4, 0.5) is 15.8 Å². The summed E-state index contributed by atoms with van der Waals surface area (Å²) in [6.07, 6.45) is 0.651. The fourth-order valence-corrected chi connectivity index (χ4v) is 3.35. The molecule has 0 fully saturated rings. The molecule has 4 heteroatoms. The lowest BCUT2D eigenvalue weighted by Crippen LogP contribution is -2.30. The van der Waals surface area contributed by atoms with Crippen molar-refractivity contribution in [2.45, 2.75) is 53.9 Å². The van der Waals surface area contributed by atoms with Gasteiger partial charge in [-0.15, -0.1) is 0 Å². The Balaban J connectivity index is 2.08. The number of amides is 1. The van der Waals surface area contributed by atoms with Gasteiger partial charge in [0.2, 0.25) is 5.91 Å². The molecule has 0 unspecified atom stereocenters. The van der Waals surface area contributed by atoms with Gasteiger partial charge in [0, 0.05) is 39.1 Å². The lowest BCUT2D eigenvalue weighted by atomic mass is 9.92. The number of nitrogens with zero attached hydrogens (tertiary/aromatic N) is 1. The number of hydrogen-bond acceptors (Lipinski definition) is 2. The van der Waals surface area contributed by atoms with Gasteiger partial charge in [-0.05, 0) is 72.1 Å². The first-order chi connectivity index (χ1) is 15.0. The Bertz CT molecular complexity index is 1020. The minimum absolute atomic E-state index is 0.106. The van der Waals surface area contributed by atoms with Gasteiger partial charge in [0.05, 0.1) is 0 Å². The number of benzene rings is 2. The molecule has 1 N–H and O–H groups in total. The summed E-state index contributed by atoms with van der Waals surface area (Å²) in [5, 5.41) is 2.58. The summed E-state index contributed by atoms with van der Waals surface area (Å²) in [5.74, 6) is -0.757. The molecule has 0 spiro atoms. The fraction of sp³-hybridized carbons (Fsp3) is 0.435. The van der Waals surface area contributed by atoms with Crippen LogP contribution in [0.3, 0.4) is 0 Å². The maximum atomic E-state index is 13.6. The van der Waals surface area contributed by atoms with Crippen molar-refractivity contribution in [3.05, 3.63) is 58.4 Å². The van der Waals surface area contributed by atoms with Crippen molar-refractivity contribution in [2.75, 3.05) is 16.8 Å². The Morgan fingerprint density at radius 1 is 1.19 bits per heavy atom. The molecule has 1 heterocycles.